The van der Waals surface area contributed by atoms with E-state index in [9.17, 15) is 27.6 Å². The number of aromatic nitrogens is 1. The summed E-state index contributed by atoms with van der Waals surface area (Å²) in [5, 5.41) is 0. The van der Waals surface area contributed by atoms with Crippen LogP contribution < -0.4 is 14.7 Å². The molecule has 2 aromatic rings. The predicted molar refractivity (Wildman–Crippen MR) is 173 cm³/mol. The van der Waals surface area contributed by atoms with E-state index in [1.807, 2.05) is 4.90 Å². The highest BCUT2D eigenvalue weighted by molar-refractivity contribution is 6.10. The van der Waals surface area contributed by atoms with Gasteiger partial charge in [-0.3, -0.25) is 29.1 Å². The average Bonchev–Trinajstić information content (AvgIpc) is 3.37. The van der Waals surface area contributed by atoms with Crippen molar-refractivity contribution in [3.8, 4) is 0 Å². The summed E-state index contributed by atoms with van der Waals surface area (Å²) in [6.07, 6.45) is -3.46. The van der Waals surface area contributed by atoms with Crippen molar-refractivity contribution in [3.63, 3.8) is 0 Å². The van der Waals surface area contributed by atoms with E-state index in [-0.39, 0.29) is 47.7 Å². The van der Waals surface area contributed by atoms with Crippen molar-refractivity contribution in [1.82, 2.24) is 19.7 Å². The van der Waals surface area contributed by atoms with Gasteiger partial charge in [0.2, 0.25) is 17.7 Å². The molecule has 1 aromatic heterocycles. The molecule has 0 bridgehead atoms. The van der Waals surface area contributed by atoms with Gasteiger partial charge in [-0.2, -0.15) is 13.2 Å². The van der Waals surface area contributed by atoms with Crippen molar-refractivity contribution in [2.75, 3.05) is 87.3 Å². The van der Waals surface area contributed by atoms with Gasteiger partial charge in [0.15, 0.2) is 0 Å². The number of para-hydroxylation sites is 1. The van der Waals surface area contributed by atoms with Gasteiger partial charge in [0.05, 0.1) is 35.7 Å². The zero-order valence-electron chi connectivity index (χ0n) is 27.5. The van der Waals surface area contributed by atoms with Gasteiger partial charge in [-0.25, -0.2) is 9.37 Å². The largest absolute Gasteiger partial charge is 0.416 e. The van der Waals surface area contributed by atoms with Crippen molar-refractivity contribution >= 4 is 34.9 Å². The van der Waals surface area contributed by atoms with Crippen molar-refractivity contribution in [2.45, 2.75) is 37.1 Å². The molecule has 0 aliphatic carbocycles. The lowest BCUT2D eigenvalue weighted by atomic mass is 9.82. The number of morpholine rings is 1. The number of likely N-dealkylation sites (N-methyl/N-ethyl adjacent to an activating group) is 1. The molecule has 7 rings (SSSR count). The summed E-state index contributed by atoms with van der Waals surface area (Å²) >= 11 is 0. The van der Waals surface area contributed by atoms with Crippen LogP contribution in [-0.4, -0.2) is 128 Å². The number of nitrogens with zero attached hydrogens (tertiary/aromatic N) is 7. The molecule has 0 N–H and O–H groups in total. The van der Waals surface area contributed by atoms with Crippen LogP contribution in [0.5, 0.6) is 0 Å². The van der Waals surface area contributed by atoms with E-state index >= 15 is 4.39 Å². The quantitative estimate of drug-likeness (QED) is 0.351. The Morgan fingerprint density at radius 2 is 1.92 bits per heavy atom. The van der Waals surface area contributed by atoms with Crippen molar-refractivity contribution < 1.29 is 36.7 Å². The number of piperazine rings is 1. The Morgan fingerprint density at radius 3 is 2.65 bits per heavy atom. The molecule has 1 aromatic carbocycles. The second-order valence-corrected chi connectivity index (χ2v) is 13.8. The molecule has 3 amide bonds. The lowest BCUT2D eigenvalue weighted by Gasteiger charge is -2.63. The number of halogens is 4. The van der Waals surface area contributed by atoms with E-state index in [2.05, 4.69) is 21.4 Å². The number of carbonyl (C=O) groups excluding carboxylic acids is 3. The molecule has 5 aliphatic rings. The summed E-state index contributed by atoms with van der Waals surface area (Å²) in [4.78, 5) is 55.0. The molecule has 1 spiro atoms. The predicted octanol–water partition coefficient (Wildman–Crippen LogP) is 2.54. The summed E-state index contributed by atoms with van der Waals surface area (Å²) in [5.41, 5.74) is -0.605. The van der Waals surface area contributed by atoms with E-state index < -0.39 is 41.3 Å². The molecular formula is C34H39F4N7O4. The molecule has 5 aliphatic heterocycles. The average molecular weight is 686 g/mol. The highest BCUT2D eigenvalue weighted by atomic mass is 19.4. The maximum atomic E-state index is 15.8. The van der Waals surface area contributed by atoms with Crippen molar-refractivity contribution in [3.05, 3.63) is 60.1 Å². The number of alkyl halides is 3. The highest BCUT2D eigenvalue weighted by Gasteiger charge is 2.55. The summed E-state index contributed by atoms with van der Waals surface area (Å²) in [7, 11) is 1.49. The van der Waals surface area contributed by atoms with Crippen LogP contribution in [0, 0.1) is 18.7 Å². The molecule has 262 valence electrons. The minimum absolute atomic E-state index is 0.0615. The number of amides is 3. The third-order valence-electron chi connectivity index (χ3n) is 10.6. The number of pyridine rings is 1. The van der Waals surface area contributed by atoms with Crippen molar-refractivity contribution in [1.29, 1.82) is 0 Å². The Bertz CT molecular complexity index is 1680. The minimum Gasteiger partial charge on any atom is -0.378 e. The summed E-state index contributed by atoms with van der Waals surface area (Å²) in [6, 6.07) is 5.15. The first kappa shape index (κ1) is 33.4. The summed E-state index contributed by atoms with van der Waals surface area (Å²) in [6.45, 7) is 10.5. The maximum Gasteiger partial charge on any atom is 0.416 e. The first-order chi connectivity index (χ1) is 23.3. The molecule has 49 heavy (non-hydrogen) atoms. The first-order valence-electron chi connectivity index (χ1n) is 16.5. The number of rotatable bonds is 5. The fourth-order valence-corrected chi connectivity index (χ4v) is 8.43. The van der Waals surface area contributed by atoms with Crippen LogP contribution in [0.1, 0.15) is 17.7 Å². The third kappa shape index (κ3) is 5.84. The number of benzene rings is 1. The van der Waals surface area contributed by atoms with Gasteiger partial charge in [-0.05, 0) is 37.3 Å². The normalized spacial score (nSPS) is 25.8. The van der Waals surface area contributed by atoms with E-state index in [4.69, 9.17) is 4.74 Å². The molecule has 0 unspecified atom stereocenters. The van der Waals surface area contributed by atoms with Gasteiger partial charge in [0, 0.05) is 83.5 Å². The van der Waals surface area contributed by atoms with Crippen LogP contribution in [0.4, 0.5) is 34.8 Å². The van der Waals surface area contributed by atoms with Gasteiger partial charge in [-0.15, -0.1) is 0 Å². The molecule has 4 fully saturated rings. The van der Waals surface area contributed by atoms with Crippen LogP contribution in [0.3, 0.4) is 0 Å². The maximum absolute atomic E-state index is 15.8. The fraction of sp³-hybridized carbons (Fsp3) is 0.529. The van der Waals surface area contributed by atoms with Gasteiger partial charge in [-0.1, -0.05) is 12.6 Å². The van der Waals surface area contributed by atoms with Crippen LogP contribution in [0.15, 0.2) is 43.0 Å². The second kappa shape index (κ2) is 12.4. The van der Waals surface area contributed by atoms with E-state index in [1.54, 1.807) is 11.0 Å². The SMILES string of the molecule is C=CC(=O)N1CC2(CN(CCN3C[C@H]4CC(=O)N(c5cc(C(F)(F)F)cc(C)n5)[C@@H]4C(=O)N(C)c4cccc(F)c43)C[C@H]3COCCN32)C1. The number of hydrogen-bond acceptors (Lipinski definition) is 8. The van der Waals surface area contributed by atoms with Crippen LogP contribution in [-0.2, 0) is 25.3 Å². The van der Waals surface area contributed by atoms with E-state index in [1.165, 1.54) is 37.1 Å². The molecule has 0 radical (unpaired) electrons. The monoisotopic (exact) mass is 685 g/mol. The van der Waals surface area contributed by atoms with Gasteiger partial charge in [0.25, 0.3) is 0 Å². The Hall–Kier alpha value is -4.08. The number of aryl methyl sites for hydroxylation is 1. The minimum atomic E-state index is -4.67. The molecule has 0 saturated carbocycles. The molecule has 4 saturated heterocycles. The number of carbonyl (C=O) groups is 3. The van der Waals surface area contributed by atoms with Crippen LogP contribution in [0.2, 0.25) is 0 Å². The topological polar surface area (TPSA) is 92.8 Å². The van der Waals surface area contributed by atoms with E-state index in [0.29, 0.717) is 58.2 Å². The fourth-order valence-electron chi connectivity index (χ4n) is 8.43. The smallest absolute Gasteiger partial charge is 0.378 e. The first-order valence-corrected chi connectivity index (χ1v) is 16.5. The number of fused-ring (bicyclic) bond motifs is 4. The Kier molecular flexibility index (Phi) is 8.43. The molecular weight excluding hydrogens is 646 g/mol. The number of ether oxygens (including phenoxy) is 1. The number of likely N-dealkylation sites (tertiary alicyclic amines) is 1. The molecule has 11 nitrogen and oxygen atoms in total. The van der Waals surface area contributed by atoms with Crippen LogP contribution in [0.25, 0.3) is 0 Å². The summed E-state index contributed by atoms with van der Waals surface area (Å²) in [5.74, 6) is -2.56. The Balaban J connectivity index is 1.18. The Labute approximate surface area is 281 Å². The van der Waals surface area contributed by atoms with Crippen LogP contribution >= 0.6 is 0 Å². The third-order valence-corrected chi connectivity index (χ3v) is 10.6. The second-order valence-electron chi connectivity index (χ2n) is 13.8. The van der Waals surface area contributed by atoms with E-state index in [0.717, 1.165) is 23.6 Å². The standard InChI is InChI=1S/C34H39F4N7O4/c1-4-28(46)43-19-33(20-43)18-41(16-24-17-49-11-10-44(24)33)8-9-42-15-22-13-29(47)45(27-14-23(34(36,37)38)12-21(2)39-27)30(22)32(48)40(3)26-7-5-6-25(35)31(26)42/h4-7,12,14,22,24,30H,1,8-11,13,15-20H2,2-3H3/t22-,24+,30+/m1/s1. The highest BCUT2D eigenvalue weighted by Crippen LogP contribution is 2.42. The number of hydrogen-bond donors (Lipinski definition) is 0. The molecule has 3 atom stereocenters. The van der Waals surface area contributed by atoms with Crippen molar-refractivity contribution in [2.24, 2.45) is 5.92 Å². The molecule has 15 heteroatoms. The van der Waals surface area contributed by atoms with Gasteiger partial charge in [0.1, 0.15) is 17.7 Å². The zero-order valence-corrected chi connectivity index (χ0v) is 27.5. The number of anilines is 3. The lowest BCUT2D eigenvalue weighted by Crippen LogP contribution is -2.81. The lowest BCUT2D eigenvalue weighted by molar-refractivity contribution is -0.173. The van der Waals surface area contributed by atoms with Gasteiger partial charge >= 0.3 is 6.18 Å². The zero-order chi connectivity index (χ0) is 34.8. The molecule has 6 heterocycles. The summed E-state index contributed by atoms with van der Waals surface area (Å²) < 4.78 is 62.9. The van der Waals surface area contributed by atoms with Gasteiger partial charge < -0.3 is 19.4 Å². The Morgan fingerprint density at radius 1 is 1.14 bits per heavy atom.